The van der Waals surface area contributed by atoms with Gasteiger partial charge in [-0.25, -0.2) is 13.6 Å². The third-order valence-corrected chi connectivity index (χ3v) is 1.68. The molecule has 15 heavy (non-hydrogen) atoms. The molecule has 0 radical (unpaired) electrons. The zero-order valence-electron chi connectivity index (χ0n) is 7.74. The Labute approximate surface area is 82.3 Å². The van der Waals surface area contributed by atoms with Crippen LogP contribution in [0.5, 0.6) is 0 Å². The Balaban J connectivity index is 0.000000265. The zero-order valence-corrected chi connectivity index (χ0v) is 7.74. The van der Waals surface area contributed by atoms with E-state index in [4.69, 9.17) is 9.90 Å². The van der Waals surface area contributed by atoms with Crippen LogP contribution in [0.15, 0.2) is 0 Å². The van der Waals surface area contributed by atoms with Crippen molar-refractivity contribution in [3.05, 3.63) is 0 Å². The molecule has 1 heterocycles. The second-order valence-corrected chi connectivity index (χ2v) is 3.05. The van der Waals surface area contributed by atoms with E-state index in [1.54, 1.807) is 0 Å². The molecule has 0 aliphatic carbocycles. The predicted molar refractivity (Wildman–Crippen MR) is 40.7 cm³/mol. The van der Waals surface area contributed by atoms with Crippen LogP contribution in [0.4, 0.5) is 22.0 Å². The fourth-order valence-electron chi connectivity index (χ4n) is 0.721. The maximum Gasteiger partial charge on any atom is 0.490 e. The molecule has 0 amide bonds. The molecule has 8 heteroatoms. The van der Waals surface area contributed by atoms with Crippen LogP contribution in [0.25, 0.3) is 0 Å². The van der Waals surface area contributed by atoms with Crippen LogP contribution in [-0.2, 0) is 4.79 Å². The van der Waals surface area contributed by atoms with E-state index >= 15 is 0 Å². The van der Waals surface area contributed by atoms with Crippen molar-refractivity contribution in [2.75, 3.05) is 6.54 Å². The van der Waals surface area contributed by atoms with E-state index < -0.39 is 24.1 Å². The van der Waals surface area contributed by atoms with Gasteiger partial charge in [0.25, 0.3) is 5.92 Å². The summed E-state index contributed by atoms with van der Waals surface area (Å²) in [7, 11) is 0. The van der Waals surface area contributed by atoms with Crippen molar-refractivity contribution in [1.29, 1.82) is 0 Å². The Bertz CT molecular complexity index is 218. The monoisotopic (exact) mass is 235 g/mol. The number of nitrogens with one attached hydrogen (secondary N) is 1. The minimum absolute atomic E-state index is 0.553. The molecule has 0 aromatic rings. The van der Waals surface area contributed by atoms with Gasteiger partial charge in [-0.2, -0.15) is 13.2 Å². The first-order valence-electron chi connectivity index (χ1n) is 3.96. The number of carboxylic acid groups (broad SMARTS) is 1. The molecule has 0 spiro atoms. The van der Waals surface area contributed by atoms with Gasteiger partial charge in [0, 0.05) is 6.92 Å². The number of aliphatic carboxylic acids is 1. The number of halogens is 5. The minimum Gasteiger partial charge on any atom is -0.475 e. The summed E-state index contributed by atoms with van der Waals surface area (Å²) in [6.07, 6.45) is -4.47. The van der Waals surface area contributed by atoms with Crippen molar-refractivity contribution in [3.8, 4) is 0 Å². The summed E-state index contributed by atoms with van der Waals surface area (Å²) in [6.45, 7) is 1.69. The van der Waals surface area contributed by atoms with E-state index in [1.807, 2.05) is 0 Å². The van der Waals surface area contributed by atoms with Gasteiger partial charge in [-0.3, -0.25) is 0 Å². The third kappa shape index (κ3) is 5.50. The number of alkyl halides is 5. The van der Waals surface area contributed by atoms with Crippen LogP contribution in [0.3, 0.4) is 0 Å². The molecule has 1 rings (SSSR count). The molecular formula is C7H10F5NO2. The van der Waals surface area contributed by atoms with Crippen LogP contribution in [0.1, 0.15) is 13.3 Å². The predicted octanol–water partition coefficient (Wildman–Crippen LogP) is 1.64. The van der Waals surface area contributed by atoms with E-state index in [0.717, 1.165) is 13.5 Å². The minimum atomic E-state index is -5.08. The van der Waals surface area contributed by atoms with Crippen molar-refractivity contribution in [2.24, 2.45) is 0 Å². The van der Waals surface area contributed by atoms with Crippen LogP contribution < -0.4 is 5.32 Å². The maximum atomic E-state index is 12.1. The number of carbonyl (C=O) groups is 1. The zero-order chi connectivity index (χ0) is 12.3. The Morgan fingerprint density at radius 1 is 1.33 bits per heavy atom. The SMILES string of the molecule is CC(F)(F)[C@@H]1CCN1.O=C(O)C(F)(F)F. The number of carboxylic acids is 1. The van der Waals surface area contributed by atoms with Gasteiger partial charge in [0.15, 0.2) is 0 Å². The van der Waals surface area contributed by atoms with Crippen LogP contribution in [0.2, 0.25) is 0 Å². The van der Waals surface area contributed by atoms with Crippen LogP contribution >= 0.6 is 0 Å². The van der Waals surface area contributed by atoms with Crippen molar-refractivity contribution in [3.63, 3.8) is 0 Å². The highest BCUT2D eigenvalue weighted by Gasteiger charge is 2.38. The van der Waals surface area contributed by atoms with Crippen molar-refractivity contribution >= 4 is 5.97 Å². The fraction of sp³-hybridized carbons (Fsp3) is 0.857. The molecule has 3 nitrogen and oxygen atoms in total. The van der Waals surface area contributed by atoms with E-state index in [0.29, 0.717) is 6.42 Å². The fourth-order valence-corrected chi connectivity index (χ4v) is 0.721. The van der Waals surface area contributed by atoms with E-state index in [2.05, 4.69) is 5.32 Å². The first kappa shape index (κ1) is 14.1. The Kier molecular flexibility index (Phi) is 4.44. The lowest BCUT2D eigenvalue weighted by atomic mass is 10.0. The lowest BCUT2D eigenvalue weighted by molar-refractivity contribution is -0.192. The van der Waals surface area contributed by atoms with E-state index in [-0.39, 0.29) is 0 Å². The molecule has 2 N–H and O–H groups in total. The molecule has 0 aromatic heterocycles. The smallest absolute Gasteiger partial charge is 0.475 e. The molecule has 1 atom stereocenters. The molecule has 1 saturated heterocycles. The van der Waals surface area contributed by atoms with Gasteiger partial charge >= 0.3 is 12.1 Å². The summed E-state index contributed by atoms with van der Waals surface area (Å²) in [5.74, 6) is -5.27. The Morgan fingerprint density at radius 2 is 1.67 bits per heavy atom. The molecule has 0 bridgehead atoms. The number of hydrogen-bond donors (Lipinski definition) is 2. The Hall–Kier alpha value is -0.920. The normalized spacial score (nSPS) is 21.1. The molecule has 90 valence electrons. The van der Waals surface area contributed by atoms with Gasteiger partial charge in [0.1, 0.15) is 0 Å². The number of rotatable bonds is 1. The highest BCUT2D eigenvalue weighted by Crippen LogP contribution is 2.23. The molecule has 1 fully saturated rings. The van der Waals surface area contributed by atoms with Crippen LogP contribution in [0, 0.1) is 0 Å². The summed E-state index contributed by atoms with van der Waals surface area (Å²) in [4.78, 5) is 8.90. The summed E-state index contributed by atoms with van der Waals surface area (Å²) in [6, 6.07) is -0.553. The van der Waals surface area contributed by atoms with E-state index in [9.17, 15) is 22.0 Å². The highest BCUT2D eigenvalue weighted by atomic mass is 19.4. The topological polar surface area (TPSA) is 49.3 Å². The largest absolute Gasteiger partial charge is 0.490 e. The van der Waals surface area contributed by atoms with Crippen molar-refractivity contribution in [1.82, 2.24) is 5.32 Å². The quantitative estimate of drug-likeness (QED) is 0.679. The second-order valence-electron chi connectivity index (χ2n) is 3.05. The molecule has 1 aliphatic rings. The average molecular weight is 235 g/mol. The van der Waals surface area contributed by atoms with Gasteiger partial charge < -0.3 is 10.4 Å². The lowest BCUT2D eigenvalue weighted by Gasteiger charge is -2.32. The first-order valence-corrected chi connectivity index (χ1v) is 3.96. The van der Waals surface area contributed by atoms with E-state index in [1.165, 1.54) is 0 Å². The molecule has 0 saturated carbocycles. The van der Waals surface area contributed by atoms with Gasteiger partial charge in [-0.1, -0.05) is 0 Å². The second kappa shape index (κ2) is 4.73. The number of hydrogen-bond acceptors (Lipinski definition) is 2. The standard InChI is InChI=1S/C5H9F2N.C2HF3O2/c1-5(6,7)4-2-3-8-4;3-2(4,5)1(6)7/h4,8H,2-3H2,1H3;(H,6,7)/t4-;/m0./s1. The summed E-state index contributed by atoms with van der Waals surface area (Å²) in [5, 5.41) is 9.76. The highest BCUT2D eigenvalue weighted by molar-refractivity contribution is 5.73. The lowest BCUT2D eigenvalue weighted by Crippen LogP contribution is -2.53. The maximum absolute atomic E-state index is 12.1. The molecule has 0 unspecified atom stereocenters. The van der Waals surface area contributed by atoms with Crippen molar-refractivity contribution < 1.29 is 31.9 Å². The van der Waals surface area contributed by atoms with Crippen LogP contribution in [-0.4, -0.2) is 35.8 Å². The summed E-state index contributed by atoms with van der Waals surface area (Å²) >= 11 is 0. The molecular weight excluding hydrogens is 225 g/mol. The molecule has 1 aliphatic heterocycles. The first-order chi connectivity index (χ1) is 6.55. The van der Waals surface area contributed by atoms with Gasteiger partial charge in [-0.15, -0.1) is 0 Å². The average Bonchev–Trinajstić information content (AvgIpc) is 1.76. The third-order valence-electron chi connectivity index (χ3n) is 1.68. The van der Waals surface area contributed by atoms with Gasteiger partial charge in [0.05, 0.1) is 6.04 Å². The van der Waals surface area contributed by atoms with Gasteiger partial charge in [0.2, 0.25) is 0 Å². The summed E-state index contributed by atoms with van der Waals surface area (Å²) in [5.41, 5.74) is 0. The van der Waals surface area contributed by atoms with Gasteiger partial charge in [-0.05, 0) is 13.0 Å². The summed E-state index contributed by atoms with van der Waals surface area (Å²) < 4.78 is 55.9. The van der Waals surface area contributed by atoms with Crippen molar-refractivity contribution in [2.45, 2.75) is 31.5 Å². The molecule has 0 aromatic carbocycles. The Morgan fingerprint density at radius 3 is 1.67 bits per heavy atom.